The molecule has 8 heteroatoms. The van der Waals surface area contributed by atoms with Gasteiger partial charge in [0.05, 0.1) is 21.5 Å². The lowest BCUT2D eigenvalue weighted by molar-refractivity contribution is -0.113. The number of carbonyl (C=O) groups excluding carboxylic acids is 1. The molecule has 5 nitrogen and oxygen atoms in total. The normalized spacial score (nSPS) is 13.4. The lowest BCUT2D eigenvalue weighted by Gasteiger charge is -2.14. The molecule has 0 spiro atoms. The quantitative estimate of drug-likeness (QED) is 0.623. The van der Waals surface area contributed by atoms with Gasteiger partial charge in [0.2, 0.25) is 5.91 Å². The fourth-order valence-electron chi connectivity index (χ4n) is 2.55. The van der Waals surface area contributed by atoms with Crippen molar-refractivity contribution in [3.63, 3.8) is 0 Å². The summed E-state index contributed by atoms with van der Waals surface area (Å²) < 4.78 is 0. The van der Waals surface area contributed by atoms with Crippen LogP contribution in [0.3, 0.4) is 0 Å². The van der Waals surface area contributed by atoms with Crippen molar-refractivity contribution in [3.8, 4) is 0 Å². The molecule has 24 heavy (non-hydrogen) atoms. The van der Waals surface area contributed by atoms with Crippen molar-refractivity contribution in [2.24, 2.45) is 0 Å². The van der Waals surface area contributed by atoms with Gasteiger partial charge in [-0.15, -0.1) is 0 Å². The first-order chi connectivity index (χ1) is 11.5. The second kappa shape index (κ2) is 7.59. The van der Waals surface area contributed by atoms with Crippen LogP contribution in [0, 0.1) is 0 Å². The molecule has 0 radical (unpaired) electrons. The van der Waals surface area contributed by atoms with E-state index in [9.17, 15) is 9.59 Å². The Morgan fingerprint density at radius 2 is 2.04 bits per heavy atom. The molecular weight excluding hydrogens is 369 g/mol. The van der Waals surface area contributed by atoms with Gasteiger partial charge in [-0.3, -0.25) is 9.59 Å². The number of fused-ring (bicyclic) bond motifs is 1. The molecule has 1 aliphatic rings. The maximum absolute atomic E-state index is 12.1. The number of thioether (sulfide) groups is 1. The molecule has 1 heterocycles. The summed E-state index contributed by atoms with van der Waals surface area (Å²) >= 11 is 13.0. The number of anilines is 1. The molecule has 1 aromatic carbocycles. The van der Waals surface area contributed by atoms with Crippen LogP contribution in [0.25, 0.3) is 0 Å². The number of aromatic amines is 1. The minimum absolute atomic E-state index is 0.0907. The Morgan fingerprint density at radius 3 is 2.83 bits per heavy atom. The summed E-state index contributed by atoms with van der Waals surface area (Å²) in [4.78, 5) is 31.3. The number of aryl methyl sites for hydroxylation is 1. The summed E-state index contributed by atoms with van der Waals surface area (Å²) in [6.07, 6.45) is 3.67. The maximum Gasteiger partial charge on any atom is 0.254 e. The van der Waals surface area contributed by atoms with E-state index in [1.807, 2.05) is 0 Å². The Balaban J connectivity index is 1.63. The van der Waals surface area contributed by atoms with E-state index >= 15 is 0 Å². The molecule has 1 amide bonds. The van der Waals surface area contributed by atoms with Gasteiger partial charge in [0.25, 0.3) is 5.56 Å². The SMILES string of the molecule is O=C(CSc1nc2c(c(=O)[nH]1)CCCC2)Nc1ccc(Cl)c(Cl)c1. The molecule has 2 aromatic rings. The summed E-state index contributed by atoms with van der Waals surface area (Å²) in [5.74, 6) is -0.0686. The van der Waals surface area contributed by atoms with Gasteiger partial charge in [0.15, 0.2) is 5.16 Å². The van der Waals surface area contributed by atoms with Gasteiger partial charge in [-0.25, -0.2) is 4.98 Å². The Kier molecular flexibility index (Phi) is 5.48. The van der Waals surface area contributed by atoms with Crippen LogP contribution in [-0.2, 0) is 17.6 Å². The van der Waals surface area contributed by atoms with Crippen molar-refractivity contribution in [3.05, 3.63) is 49.9 Å². The maximum atomic E-state index is 12.1. The number of halogens is 2. The lowest BCUT2D eigenvalue weighted by Crippen LogP contribution is -2.22. The number of nitrogens with one attached hydrogen (secondary N) is 2. The third-order valence-corrected chi connectivity index (χ3v) is 5.33. The molecule has 0 fully saturated rings. The number of amides is 1. The van der Waals surface area contributed by atoms with Crippen LogP contribution in [0.5, 0.6) is 0 Å². The molecule has 0 bridgehead atoms. The molecule has 0 saturated heterocycles. The number of benzene rings is 1. The predicted molar refractivity (Wildman–Crippen MR) is 97.3 cm³/mol. The number of aromatic nitrogens is 2. The topological polar surface area (TPSA) is 74.8 Å². The fraction of sp³-hybridized carbons (Fsp3) is 0.312. The molecule has 126 valence electrons. The highest BCUT2D eigenvalue weighted by molar-refractivity contribution is 7.99. The number of nitrogens with zero attached hydrogens (tertiary/aromatic N) is 1. The molecule has 0 aliphatic heterocycles. The minimum atomic E-state index is -0.209. The van der Waals surface area contributed by atoms with Gasteiger partial charge in [0, 0.05) is 11.3 Å². The zero-order chi connectivity index (χ0) is 17.1. The van der Waals surface area contributed by atoms with Crippen LogP contribution in [0.1, 0.15) is 24.1 Å². The number of H-pyrrole nitrogens is 1. The highest BCUT2D eigenvalue weighted by Gasteiger charge is 2.16. The van der Waals surface area contributed by atoms with Crippen LogP contribution in [-0.4, -0.2) is 21.6 Å². The summed E-state index contributed by atoms with van der Waals surface area (Å²) in [6, 6.07) is 4.89. The molecule has 1 aliphatic carbocycles. The van der Waals surface area contributed by atoms with Gasteiger partial charge < -0.3 is 10.3 Å². The van der Waals surface area contributed by atoms with Crippen molar-refractivity contribution in [1.29, 1.82) is 0 Å². The molecule has 0 saturated carbocycles. The fourth-order valence-corrected chi connectivity index (χ4v) is 3.53. The summed E-state index contributed by atoms with van der Waals surface area (Å²) in [5.41, 5.74) is 2.12. The zero-order valence-electron chi connectivity index (χ0n) is 12.7. The van der Waals surface area contributed by atoms with Gasteiger partial charge >= 0.3 is 0 Å². The Bertz CT molecular complexity index is 839. The van der Waals surface area contributed by atoms with Crippen LogP contribution in [0.15, 0.2) is 28.2 Å². The smallest absolute Gasteiger partial charge is 0.254 e. The number of carbonyl (C=O) groups is 1. The van der Waals surface area contributed by atoms with E-state index in [0.29, 0.717) is 20.9 Å². The molecule has 0 atom stereocenters. The first-order valence-electron chi connectivity index (χ1n) is 7.52. The van der Waals surface area contributed by atoms with E-state index in [1.54, 1.807) is 18.2 Å². The lowest BCUT2D eigenvalue weighted by atomic mass is 9.97. The number of hydrogen-bond acceptors (Lipinski definition) is 4. The van der Waals surface area contributed by atoms with Crippen LogP contribution >= 0.6 is 35.0 Å². The van der Waals surface area contributed by atoms with Gasteiger partial charge in [-0.1, -0.05) is 35.0 Å². The van der Waals surface area contributed by atoms with Crippen molar-refractivity contribution in [2.75, 3.05) is 11.1 Å². The van der Waals surface area contributed by atoms with Crippen molar-refractivity contribution >= 4 is 46.6 Å². The standard InChI is InChI=1S/C16H15Cl2N3O2S/c17-11-6-5-9(7-12(11)18)19-14(22)8-24-16-20-13-4-2-1-3-10(13)15(23)21-16/h5-7H,1-4,8H2,(H,19,22)(H,20,21,23). The molecular formula is C16H15Cl2N3O2S. The number of hydrogen-bond donors (Lipinski definition) is 2. The van der Waals surface area contributed by atoms with E-state index < -0.39 is 0 Å². The summed E-state index contributed by atoms with van der Waals surface area (Å²) in [5, 5.41) is 4.02. The second-order valence-corrected chi connectivity index (χ2v) is 7.25. The van der Waals surface area contributed by atoms with E-state index in [0.717, 1.165) is 36.9 Å². The molecule has 1 aromatic heterocycles. The van der Waals surface area contributed by atoms with Crippen molar-refractivity contribution in [2.45, 2.75) is 30.8 Å². The third kappa shape index (κ3) is 4.12. The van der Waals surface area contributed by atoms with Crippen molar-refractivity contribution in [1.82, 2.24) is 9.97 Å². The van der Waals surface area contributed by atoms with E-state index in [1.165, 1.54) is 11.8 Å². The Morgan fingerprint density at radius 1 is 1.25 bits per heavy atom. The van der Waals surface area contributed by atoms with E-state index in [4.69, 9.17) is 23.2 Å². The average Bonchev–Trinajstić information content (AvgIpc) is 2.56. The van der Waals surface area contributed by atoms with Gasteiger partial charge in [0.1, 0.15) is 0 Å². The summed E-state index contributed by atoms with van der Waals surface area (Å²) in [6.45, 7) is 0. The Hall–Kier alpha value is -1.50. The van der Waals surface area contributed by atoms with Gasteiger partial charge in [-0.2, -0.15) is 0 Å². The van der Waals surface area contributed by atoms with Crippen LogP contribution < -0.4 is 10.9 Å². The molecule has 0 unspecified atom stereocenters. The summed E-state index contributed by atoms with van der Waals surface area (Å²) in [7, 11) is 0. The first-order valence-corrected chi connectivity index (χ1v) is 9.27. The Labute approximate surface area is 153 Å². The first kappa shape index (κ1) is 17.3. The average molecular weight is 384 g/mol. The van der Waals surface area contributed by atoms with Crippen molar-refractivity contribution < 1.29 is 4.79 Å². The van der Waals surface area contributed by atoms with Gasteiger partial charge in [-0.05, 0) is 43.9 Å². The predicted octanol–water partition coefficient (Wildman–Crippen LogP) is 3.69. The molecule has 2 N–H and O–H groups in total. The zero-order valence-corrected chi connectivity index (χ0v) is 15.0. The second-order valence-electron chi connectivity index (χ2n) is 5.47. The third-order valence-electron chi connectivity index (χ3n) is 3.71. The molecule has 3 rings (SSSR count). The van der Waals surface area contributed by atoms with E-state index in [2.05, 4.69) is 15.3 Å². The highest BCUT2D eigenvalue weighted by atomic mass is 35.5. The van der Waals surface area contributed by atoms with E-state index in [-0.39, 0.29) is 17.2 Å². The van der Waals surface area contributed by atoms with Crippen LogP contribution in [0.2, 0.25) is 10.0 Å². The minimum Gasteiger partial charge on any atom is -0.325 e. The number of rotatable bonds is 4. The largest absolute Gasteiger partial charge is 0.325 e. The van der Waals surface area contributed by atoms with Crippen LogP contribution in [0.4, 0.5) is 5.69 Å². The monoisotopic (exact) mass is 383 g/mol. The highest BCUT2D eigenvalue weighted by Crippen LogP contribution is 2.25.